The van der Waals surface area contributed by atoms with Crippen molar-refractivity contribution in [1.29, 1.82) is 0 Å². The second-order valence-corrected chi connectivity index (χ2v) is 6.49. The molecule has 1 fully saturated rings. The van der Waals surface area contributed by atoms with Gasteiger partial charge in [-0.2, -0.15) is 0 Å². The smallest absolute Gasteiger partial charge is 0.232 e. The highest BCUT2D eigenvalue weighted by Crippen LogP contribution is 2.19. The molecule has 1 aliphatic rings. The van der Waals surface area contributed by atoms with Gasteiger partial charge in [0.25, 0.3) is 0 Å². The van der Waals surface area contributed by atoms with Gasteiger partial charge >= 0.3 is 0 Å². The number of benzene rings is 1. The standard InChI is InChI=1S/C16H23NOS/c1-13-6-5-9-17(10-13)16(18)12-19-11-15-8-4-3-7-14(15)2/h3-4,7-8,13H,5-6,9-12H2,1-2H3/t13-/m1/s1. The molecule has 0 aliphatic carbocycles. The van der Waals surface area contributed by atoms with E-state index in [1.807, 2.05) is 4.90 Å². The second kappa shape index (κ2) is 6.99. The van der Waals surface area contributed by atoms with Crippen LogP contribution in [0.15, 0.2) is 24.3 Å². The van der Waals surface area contributed by atoms with Crippen molar-refractivity contribution >= 4 is 17.7 Å². The molecule has 0 N–H and O–H groups in total. The Labute approximate surface area is 120 Å². The summed E-state index contributed by atoms with van der Waals surface area (Å²) in [4.78, 5) is 14.2. The van der Waals surface area contributed by atoms with Crippen LogP contribution in [0.3, 0.4) is 0 Å². The first kappa shape index (κ1) is 14.4. The Morgan fingerprint density at radius 3 is 2.95 bits per heavy atom. The van der Waals surface area contributed by atoms with Gasteiger partial charge in [-0.15, -0.1) is 11.8 Å². The summed E-state index contributed by atoms with van der Waals surface area (Å²) in [6, 6.07) is 8.40. The van der Waals surface area contributed by atoms with Crippen LogP contribution in [-0.4, -0.2) is 29.6 Å². The lowest BCUT2D eigenvalue weighted by Crippen LogP contribution is -2.40. The van der Waals surface area contributed by atoms with Gasteiger partial charge in [0.1, 0.15) is 0 Å². The molecule has 104 valence electrons. The minimum Gasteiger partial charge on any atom is -0.342 e. The normalized spacial score (nSPS) is 19.5. The molecular weight excluding hydrogens is 254 g/mol. The highest BCUT2D eigenvalue weighted by Gasteiger charge is 2.20. The highest BCUT2D eigenvalue weighted by atomic mass is 32.2. The van der Waals surface area contributed by atoms with E-state index in [2.05, 4.69) is 38.1 Å². The lowest BCUT2D eigenvalue weighted by molar-refractivity contribution is -0.130. The number of hydrogen-bond acceptors (Lipinski definition) is 2. The third kappa shape index (κ3) is 4.27. The first-order chi connectivity index (χ1) is 9.16. The Balaban J connectivity index is 1.76. The van der Waals surface area contributed by atoms with Crippen LogP contribution >= 0.6 is 11.8 Å². The zero-order valence-electron chi connectivity index (χ0n) is 11.9. The largest absolute Gasteiger partial charge is 0.342 e. The van der Waals surface area contributed by atoms with Crippen molar-refractivity contribution in [2.24, 2.45) is 5.92 Å². The van der Waals surface area contributed by atoms with Crippen molar-refractivity contribution in [1.82, 2.24) is 4.90 Å². The maximum atomic E-state index is 12.1. The van der Waals surface area contributed by atoms with Crippen molar-refractivity contribution in [3.05, 3.63) is 35.4 Å². The minimum absolute atomic E-state index is 0.310. The average Bonchev–Trinajstić information content (AvgIpc) is 2.41. The van der Waals surface area contributed by atoms with Crippen LogP contribution in [0, 0.1) is 12.8 Å². The quantitative estimate of drug-likeness (QED) is 0.839. The van der Waals surface area contributed by atoms with Crippen LogP contribution in [0.25, 0.3) is 0 Å². The third-order valence-corrected chi connectivity index (χ3v) is 4.72. The molecule has 0 spiro atoms. The number of likely N-dealkylation sites (tertiary alicyclic amines) is 1. The Morgan fingerprint density at radius 2 is 2.21 bits per heavy atom. The number of thioether (sulfide) groups is 1. The van der Waals surface area contributed by atoms with Crippen LogP contribution in [0.2, 0.25) is 0 Å². The molecule has 3 heteroatoms. The summed E-state index contributed by atoms with van der Waals surface area (Å²) in [6.07, 6.45) is 2.43. The fourth-order valence-electron chi connectivity index (χ4n) is 2.53. The van der Waals surface area contributed by atoms with E-state index in [0.717, 1.165) is 25.3 Å². The highest BCUT2D eigenvalue weighted by molar-refractivity contribution is 7.99. The fourth-order valence-corrected chi connectivity index (χ4v) is 3.53. The van der Waals surface area contributed by atoms with Gasteiger partial charge in [-0.25, -0.2) is 0 Å². The maximum absolute atomic E-state index is 12.1. The minimum atomic E-state index is 0.310. The summed E-state index contributed by atoms with van der Waals surface area (Å²) in [7, 11) is 0. The summed E-state index contributed by atoms with van der Waals surface area (Å²) < 4.78 is 0. The molecule has 1 amide bonds. The van der Waals surface area contributed by atoms with Crippen molar-refractivity contribution in [2.75, 3.05) is 18.8 Å². The molecule has 0 saturated carbocycles. The molecule has 2 nitrogen and oxygen atoms in total. The zero-order chi connectivity index (χ0) is 13.7. The predicted molar refractivity (Wildman–Crippen MR) is 82.3 cm³/mol. The molecule has 0 aromatic heterocycles. The topological polar surface area (TPSA) is 20.3 Å². The molecule has 1 atom stereocenters. The summed E-state index contributed by atoms with van der Waals surface area (Å²) in [5.74, 6) is 2.52. The number of aryl methyl sites for hydroxylation is 1. The molecule has 0 unspecified atom stereocenters. The van der Waals surface area contributed by atoms with E-state index in [-0.39, 0.29) is 0 Å². The molecule has 1 heterocycles. The lowest BCUT2D eigenvalue weighted by Gasteiger charge is -2.30. The molecule has 1 aliphatic heterocycles. The van der Waals surface area contributed by atoms with Crippen molar-refractivity contribution < 1.29 is 4.79 Å². The number of hydrogen-bond donors (Lipinski definition) is 0. The Morgan fingerprint density at radius 1 is 1.42 bits per heavy atom. The van der Waals surface area contributed by atoms with Crippen LogP contribution < -0.4 is 0 Å². The molecule has 0 radical (unpaired) electrons. The van der Waals surface area contributed by atoms with Gasteiger partial charge < -0.3 is 4.90 Å². The molecule has 1 saturated heterocycles. The molecule has 0 bridgehead atoms. The van der Waals surface area contributed by atoms with E-state index in [1.54, 1.807) is 11.8 Å². The van der Waals surface area contributed by atoms with Crippen molar-refractivity contribution in [2.45, 2.75) is 32.4 Å². The fraction of sp³-hybridized carbons (Fsp3) is 0.562. The van der Waals surface area contributed by atoms with Gasteiger partial charge in [0.05, 0.1) is 5.75 Å². The lowest BCUT2D eigenvalue weighted by atomic mass is 10.0. The van der Waals surface area contributed by atoms with Crippen molar-refractivity contribution in [3.63, 3.8) is 0 Å². The predicted octanol–water partition coefficient (Wildman–Crippen LogP) is 3.49. The van der Waals surface area contributed by atoms with Crippen LogP contribution in [-0.2, 0) is 10.5 Å². The summed E-state index contributed by atoms with van der Waals surface area (Å²) >= 11 is 1.73. The number of piperidine rings is 1. The summed E-state index contributed by atoms with van der Waals surface area (Å²) in [6.45, 7) is 6.27. The first-order valence-electron chi connectivity index (χ1n) is 7.07. The molecule has 1 aromatic carbocycles. The summed E-state index contributed by atoms with van der Waals surface area (Å²) in [5.41, 5.74) is 2.65. The number of nitrogens with zero attached hydrogens (tertiary/aromatic N) is 1. The van der Waals surface area contributed by atoms with E-state index in [0.29, 0.717) is 17.6 Å². The summed E-state index contributed by atoms with van der Waals surface area (Å²) in [5, 5.41) is 0. The van der Waals surface area contributed by atoms with Gasteiger partial charge in [-0.05, 0) is 36.8 Å². The number of amides is 1. The van der Waals surface area contributed by atoms with E-state index in [4.69, 9.17) is 0 Å². The van der Waals surface area contributed by atoms with Gasteiger partial charge in [0.15, 0.2) is 0 Å². The maximum Gasteiger partial charge on any atom is 0.232 e. The van der Waals surface area contributed by atoms with Crippen LogP contribution in [0.1, 0.15) is 30.9 Å². The molecule has 19 heavy (non-hydrogen) atoms. The van der Waals surface area contributed by atoms with Crippen LogP contribution in [0.4, 0.5) is 0 Å². The van der Waals surface area contributed by atoms with E-state index < -0.39 is 0 Å². The zero-order valence-corrected chi connectivity index (χ0v) is 12.7. The van der Waals surface area contributed by atoms with Crippen LogP contribution in [0.5, 0.6) is 0 Å². The number of carbonyl (C=O) groups is 1. The van der Waals surface area contributed by atoms with E-state index in [1.165, 1.54) is 17.5 Å². The average molecular weight is 277 g/mol. The second-order valence-electron chi connectivity index (χ2n) is 5.51. The molecule has 1 aromatic rings. The SMILES string of the molecule is Cc1ccccc1CSCC(=O)N1CCC[C@@H](C)C1. The monoisotopic (exact) mass is 277 g/mol. The third-order valence-electron chi connectivity index (χ3n) is 3.75. The van der Waals surface area contributed by atoms with E-state index >= 15 is 0 Å². The number of rotatable bonds is 4. The van der Waals surface area contributed by atoms with Gasteiger partial charge in [-0.3, -0.25) is 4.79 Å². The first-order valence-corrected chi connectivity index (χ1v) is 8.22. The Hall–Kier alpha value is -0.960. The Kier molecular flexibility index (Phi) is 5.32. The van der Waals surface area contributed by atoms with Gasteiger partial charge in [0.2, 0.25) is 5.91 Å². The van der Waals surface area contributed by atoms with Gasteiger partial charge in [-0.1, -0.05) is 31.2 Å². The molecular formula is C16H23NOS. The van der Waals surface area contributed by atoms with Gasteiger partial charge in [0, 0.05) is 18.8 Å². The number of carbonyl (C=O) groups excluding carboxylic acids is 1. The Bertz CT molecular complexity index is 433. The molecule has 2 rings (SSSR count). The van der Waals surface area contributed by atoms with E-state index in [9.17, 15) is 4.79 Å². The van der Waals surface area contributed by atoms with Crippen molar-refractivity contribution in [3.8, 4) is 0 Å².